The highest BCUT2D eigenvalue weighted by Gasteiger charge is 2.19. The van der Waals surface area contributed by atoms with Gasteiger partial charge in [0.1, 0.15) is 11.6 Å². The Morgan fingerprint density at radius 2 is 0.755 bits per heavy atom. The van der Waals surface area contributed by atoms with E-state index in [0.29, 0.717) is 36.4 Å². The Morgan fingerprint density at radius 1 is 0.457 bits per heavy atom. The molecule has 2 heterocycles. The Morgan fingerprint density at radius 3 is 1.04 bits per heavy atom. The number of hydrogen-bond donors (Lipinski definition) is 2. The van der Waals surface area contributed by atoms with Crippen LogP contribution in [0.15, 0.2) is 109 Å². The number of hydrogen-bond acceptors (Lipinski definition) is 14. The van der Waals surface area contributed by atoms with Crippen LogP contribution in [0.1, 0.15) is 238 Å². The largest absolute Gasteiger partial charge is 0.444 e. The number of nitriles is 2. The number of unbranched alkanes of at least 4 members (excludes halogenated alkanes) is 24. The highest BCUT2D eigenvalue weighted by atomic mass is 16.5. The maximum atomic E-state index is 12.8. The van der Waals surface area contributed by atoms with Gasteiger partial charge in [-0.2, -0.15) is 20.5 Å². The minimum absolute atomic E-state index is 0.0194. The number of terminal acetylenes is 2. The Bertz CT molecular complexity index is 3410. The number of allylic oxidation sites excluding steroid dienone is 2. The van der Waals surface area contributed by atoms with Crippen molar-refractivity contribution < 1.29 is 19.1 Å². The second kappa shape index (κ2) is 45.1. The normalized spacial score (nSPS) is 10.8. The maximum Gasteiger partial charge on any atom is 0.307 e. The summed E-state index contributed by atoms with van der Waals surface area (Å²) in [5.41, 5.74) is 10.9. The summed E-state index contributed by atoms with van der Waals surface area (Å²) >= 11 is 0. The number of aromatic nitrogens is 4. The Balaban J connectivity index is 0.000000342. The molecule has 0 unspecified atom stereocenters. The molecule has 94 heavy (non-hydrogen) atoms. The molecule has 0 atom stereocenters. The van der Waals surface area contributed by atoms with Crippen LogP contribution in [0.4, 0.5) is 46.3 Å². The number of rotatable bonds is 42. The van der Waals surface area contributed by atoms with Crippen LogP contribution in [0.2, 0.25) is 0 Å². The second-order valence-electron chi connectivity index (χ2n) is 24.2. The summed E-state index contributed by atoms with van der Waals surface area (Å²) in [5.74, 6) is 6.80. The van der Waals surface area contributed by atoms with E-state index in [9.17, 15) is 9.59 Å². The van der Waals surface area contributed by atoms with Crippen molar-refractivity contribution in [1.82, 2.24) is 19.9 Å². The van der Waals surface area contributed by atoms with E-state index in [1.54, 1.807) is 46.5 Å². The van der Waals surface area contributed by atoms with Crippen molar-refractivity contribution in [2.45, 2.75) is 221 Å². The Kier molecular flexibility index (Phi) is 36.2. The average Bonchev–Trinajstić information content (AvgIpc) is 1.79. The minimum Gasteiger partial charge on any atom is -0.444 e. The second-order valence-corrected chi connectivity index (χ2v) is 24.2. The van der Waals surface area contributed by atoms with Gasteiger partial charge < -0.3 is 20.1 Å². The van der Waals surface area contributed by atoms with E-state index in [4.69, 9.17) is 42.8 Å². The molecule has 0 bridgehead atoms. The number of benzene rings is 4. The quantitative estimate of drug-likeness (QED) is 0.0121. The first kappa shape index (κ1) is 75.5. The van der Waals surface area contributed by atoms with Gasteiger partial charge in [-0.25, -0.2) is 9.97 Å². The van der Waals surface area contributed by atoms with Gasteiger partial charge in [0.15, 0.2) is 13.5 Å². The number of ether oxygens (including phenoxy) is 2. The predicted octanol–water partition coefficient (Wildman–Crippen LogP) is 21.0. The Labute approximate surface area is 563 Å². The maximum absolute atomic E-state index is 12.8. The van der Waals surface area contributed by atoms with Crippen molar-refractivity contribution in [2.75, 3.05) is 33.9 Å². The zero-order valence-electron chi connectivity index (χ0n) is 57.1. The van der Waals surface area contributed by atoms with Crippen molar-refractivity contribution in [3.8, 4) is 36.8 Å². The van der Waals surface area contributed by atoms with Crippen LogP contribution < -0.4 is 20.4 Å². The SMILES string of the molecule is C#Cc1ccc(N(COC(=O)CCCCCCCCCCCCC)c2nccc(Nc3c(C)cc(/C=C/C#N)cc3C)n2)cc1.C#Cc1ccc(N(COC(=O)CCCCCCCCCCCCCCCCC)c2nccc(Nc3c(C)cc(/C=C/C#N)cc3C)n2)cc1. The molecule has 0 fully saturated rings. The van der Waals surface area contributed by atoms with E-state index in [1.165, 1.54) is 141 Å². The summed E-state index contributed by atoms with van der Waals surface area (Å²) < 4.78 is 11.5. The molecule has 6 aromatic rings. The van der Waals surface area contributed by atoms with Crippen molar-refractivity contribution in [2.24, 2.45) is 0 Å². The van der Waals surface area contributed by atoms with Crippen molar-refractivity contribution in [1.29, 1.82) is 10.5 Å². The molecule has 6 rings (SSSR count). The molecule has 2 N–H and O–H groups in total. The minimum atomic E-state index is -0.234. The van der Waals surface area contributed by atoms with Crippen LogP contribution in [-0.2, 0) is 19.1 Å². The first-order valence-corrected chi connectivity index (χ1v) is 34.4. The van der Waals surface area contributed by atoms with Crippen LogP contribution in [-0.4, -0.2) is 45.3 Å². The number of carbonyl (C=O) groups is 2. The summed E-state index contributed by atoms with van der Waals surface area (Å²) in [7, 11) is 0. The van der Waals surface area contributed by atoms with Gasteiger partial charge in [-0.05, 0) is 171 Å². The molecular weight excluding hydrogens is 1160 g/mol. The van der Waals surface area contributed by atoms with E-state index in [0.717, 1.165) is 106 Å². The van der Waals surface area contributed by atoms with Crippen molar-refractivity contribution in [3.05, 3.63) is 154 Å². The van der Waals surface area contributed by atoms with Crippen LogP contribution >= 0.6 is 0 Å². The third-order valence-corrected chi connectivity index (χ3v) is 16.5. The van der Waals surface area contributed by atoms with Crippen molar-refractivity contribution in [3.63, 3.8) is 0 Å². The lowest BCUT2D eigenvalue weighted by molar-refractivity contribution is -0.144. The van der Waals surface area contributed by atoms with Gasteiger partial charge in [0.05, 0.1) is 12.1 Å². The van der Waals surface area contributed by atoms with Gasteiger partial charge in [-0.15, -0.1) is 12.8 Å². The topological polar surface area (TPSA) is 182 Å². The van der Waals surface area contributed by atoms with E-state index in [-0.39, 0.29) is 25.4 Å². The molecule has 4 aromatic carbocycles. The van der Waals surface area contributed by atoms with Crippen molar-refractivity contribution >= 4 is 70.4 Å². The molecule has 0 spiro atoms. The van der Waals surface area contributed by atoms with E-state index in [1.807, 2.05) is 113 Å². The summed E-state index contributed by atoms with van der Waals surface area (Å²) in [6, 6.07) is 30.6. The molecule has 14 nitrogen and oxygen atoms in total. The van der Waals surface area contributed by atoms with Gasteiger partial charge in [0.2, 0.25) is 11.9 Å². The zero-order chi connectivity index (χ0) is 67.4. The van der Waals surface area contributed by atoms with E-state index in [2.05, 4.69) is 46.3 Å². The first-order valence-electron chi connectivity index (χ1n) is 34.4. The molecule has 0 saturated heterocycles. The van der Waals surface area contributed by atoms with E-state index < -0.39 is 0 Å². The lowest BCUT2D eigenvalue weighted by Crippen LogP contribution is -2.25. The third-order valence-electron chi connectivity index (χ3n) is 16.5. The number of nitrogens with one attached hydrogen (secondary N) is 2. The number of nitrogens with zero attached hydrogens (tertiary/aromatic N) is 8. The highest BCUT2D eigenvalue weighted by molar-refractivity contribution is 5.73. The fraction of sp³-hybridized carbons (Fsp3) is 0.450. The van der Waals surface area contributed by atoms with Gasteiger partial charge in [0.25, 0.3) is 0 Å². The molecule has 0 aliphatic carbocycles. The molecule has 14 heteroatoms. The molecular formula is C80H102N10O4. The molecule has 2 aromatic heterocycles. The zero-order valence-corrected chi connectivity index (χ0v) is 57.1. The van der Waals surface area contributed by atoms with Gasteiger partial charge in [0, 0.05) is 71.3 Å². The number of anilines is 8. The summed E-state index contributed by atoms with van der Waals surface area (Å²) in [6.45, 7) is 12.5. The fourth-order valence-corrected chi connectivity index (χ4v) is 11.2. The monoisotopic (exact) mass is 1270 g/mol. The highest BCUT2D eigenvalue weighted by Crippen LogP contribution is 2.31. The van der Waals surface area contributed by atoms with Crippen LogP contribution in [0.5, 0.6) is 0 Å². The van der Waals surface area contributed by atoms with Crippen LogP contribution in [0.3, 0.4) is 0 Å². The lowest BCUT2D eigenvalue weighted by Gasteiger charge is -2.23. The summed E-state index contributed by atoms with van der Waals surface area (Å²) in [6.07, 6.45) is 54.6. The standard InChI is InChI=1S/C42H55N5O2.C38H47N5O2/c1-5-7-8-9-10-11-12-13-14-15-16-17-18-19-20-23-40(48)49-33-47(38-26-24-36(6-2)25-27-38)42-44-30-28-39(46-42)45-41-34(3)31-37(22-21-29-43)32-35(41)4;1-5-7-8-9-10-11-12-13-14-15-16-19-36(44)45-29-43(34-22-20-32(6-2)21-23-34)38-40-26-24-35(42-38)41-37-30(3)27-33(18-17-25-39)28-31(37)4/h2,21-22,24-28,30-32H,5,7-20,23,33H2,1,3-4H3,(H,44,45,46);2,17-18,20-24,26-28H,5,7-16,19,29H2,1,3-4H3,(H,40,41,42)/b22-21+;18-17+. The first-order chi connectivity index (χ1) is 45.9. The lowest BCUT2D eigenvalue weighted by atomic mass is 10.0. The Hall–Kier alpha value is -9.24. The number of esters is 2. The average molecular weight is 1270 g/mol. The summed E-state index contributed by atoms with van der Waals surface area (Å²) in [5, 5.41) is 24.6. The smallest absolute Gasteiger partial charge is 0.307 e. The van der Waals surface area contributed by atoms with Gasteiger partial charge >= 0.3 is 11.9 Å². The van der Waals surface area contributed by atoms with E-state index >= 15 is 0 Å². The predicted molar refractivity (Wildman–Crippen MR) is 387 cm³/mol. The molecule has 0 amide bonds. The molecule has 496 valence electrons. The van der Waals surface area contributed by atoms with Crippen LogP contribution in [0, 0.1) is 75.0 Å². The number of aryl methyl sites for hydroxylation is 4. The fourth-order valence-electron chi connectivity index (χ4n) is 11.2. The molecule has 0 aliphatic heterocycles. The molecule has 0 radical (unpaired) electrons. The third kappa shape index (κ3) is 28.7. The molecule has 0 aliphatic rings. The van der Waals surface area contributed by atoms with Gasteiger partial charge in [-0.3, -0.25) is 19.4 Å². The summed E-state index contributed by atoms with van der Waals surface area (Å²) in [4.78, 5) is 47.6. The van der Waals surface area contributed by atoms with Gasteiger partial charge in [-0.1, -0.05) is 180 Å². The molecule has 0 saturated carbocycles. The number of carbonyl (C=O) groups excluding carboxylic acids is 2. The van der Waals surface area contributed by atoms with Crippen LogP contribution in [0.25, 0.3) is 12.2 Å².